The fourth-order valence-corrected chi connectivity index (χ4v) is 3.17. The van der Waals surface area contributed by atoms with Crippen LogP contribution in [0.1, 0.15) is 42.7 Å². The summed E-state index contributed by atoms with van der Waals surface area (Å²) in [5.74, 6) is 0.973. The third-order valence-corrected chi connectivity index (χ3v) is 4.42. The average Bonchev–Trinajstić information content (AvgIpc) is 2.59. The van der Waals surface area contributed by atoms with E-state index < -0.39 is 0 Å². The molecular formula is C21H22O3. The van der Waals surface area contributed by atoms with Crippen LogP contribution in [0.2, 0.25) is 0 Å². The number of rotatable bonds is 6. The maximum atomic E-state index is 11.6. The minimum atomic E-state index is 0.0332. The number of carbonyl (C=O) groups is 2. The highest BCUT2D eigenvalue weighted by Gasteiger charge is 2.26. The molecule has 0 aromatic heterocycles. The summed E-state index contributed by atoms with van der Waals surface area (Å²) in [7, 11) is 0. The third-order valence-electron chi connectivity index (χ3n) is 4.42. The monoisotopic (exact) mass is 322 g/mol. The van der Waals surface area contributed by atoms with Crippen LogP contribution in [0.4, 0.5) is 0 Å². The maximum Gasteiger partial charge on any atom is 0.140 e. The molecule has 124 valence electrons. The number of Topliss-reactive ketones (excluding diaryl/α,β-unsaturated/α-hetero) is 2. The zero-order valence-electron chi connectivity index (χ0n) is 13.7. The highest BCUT2D eigenvalue weighted by Crippen LogP contribution is 2.30. The Morgan fingerprint density at radius 3 is 2.21 bits per heavy atom. The number of hydrogen-bond donors (Lipinski definition) is 0. The van der Waals surface area contributed by atoms with Gasteiger partial charge in [-0.3, -0.25) is 9.59 Å². The largest absolute Gasteiger partial charge is 0.494 e. The van der Waals surface area contributed by atoms with Gasteiger partial charge in [0.05, 0.1) is 13.0 Å². The Labute approximate surface area is 142 Å². The van der Waals surface area contributed by atoms with E-state index in [-0.39, 0.29) is 23.9 Å². The highest BCUT2D eigenvalue weighted by atomic mass is 16.5. The van der Waals surface area contributed by atoms with E-state index in [1.807, 2.05) is 30.3 Å². The second-order valence-corrected chi connectivity index (χ2v) is 6.37. The topological polar surface area (TPSA) is 43.4 Å². The molecule has 3 rings (SSSR count). The summed E-state index contributed by atoms with van der Waals surface area (Å²) in [4.78, 5) is 23.1. The van der Waals surface area contributed by atoms with Gasteiger partial charge >= 0.3 is 0 Å². The van der Waals surface area contributed by atoms with Crippen LogP contribution in [-0.4, -0.2) is 18.2 Å². The summed E-state index contributed by atoms with van der Waals surface area (Å²) in [5.41, 5.74) is 2.37. The molecular weight excluding hydrogens is 300 g/mol. The van der Waals surface area contributed by atoms with Crippen molar-refractivity contribution in [2.45, 2.75) is 38.0 Å². The first-order valence-corrected chi connectivity index (χ1v) is 8.51. The molecule has 0 saturated heterocycles. The Hall–Kier alpha value is -2.42. The highest BCUT2D eigenvalue weighted by molar-refractivity contribution is 6.02. The molecule has 2 aromatic carbocycles. The van der Waals surface area contributed by atoms with Crippen LogP contribution in [0.25, 0.3) is 0 Å². The number of ketones is 2. The van der Waals surface area contributed by atoms with Crippen LogP contribution in [0.5, 0.6) is 5.75 Å². The van der Waals surface area contributed by atoms with Crippen molar-refractivity contribution in [1.82, 2.24) is 0 Å². The van der Waals surface area contributed by atoms with Crippen molar-refractivity contribution in [1.29, 1.82) is 0 Å². The molecule has 0 spiro atoms. The third kappa shape index (κ3) is 4.54. The van der Waals surface area contributed by atoms with E-state index in [2.05, 4.69) is 24.3 Å². The molecule has 24 heavy (non-hydrogen) atoms. The zero-order valence-corrected chi connectivity index (χ0v) is 13.7. The van der Waals surface area contributed by atoms with Gasteiger partial charge in [0, 0.05) is 12.8 Å². The van der Waals surface area contributed by atoms with Crippen molar-refractivity contribution < 1.29 is 14.3 Å². The van der Waals surface area contributed by atoms with E-state index in [0.717, 1.165) is 24.2 Å². The molecule has 1 fully saturated rings. The van der Waals surface area contributed by atoms with Crippen LogP contribution in [0, 0.1) is 0 Å². The van der Waals surface area contributed by atoms with Gasteiger partial charge in [-0.05, 0) is 42.0 Å². The van der Waals surface area contributed by atoms with Gasteiger partial charge in [-0.2, -0.15) is 0 Å². The normalized spacial score (nSPS) is 15.5. The predicted molar refractivity (Wildman–Crippen MR) is 93.3 cm³/mol. The summed E-state index contributed by atoms with van der Waals surface area (Å²) in [6.45, 7) is 0.675. The molecule has 3 nitrogen and oxygen atoms in total. The molecule has 0 bridgehead atoms. The second kappa shape index (κ2) is 7.91. The zero-order chi connectivity index (χ0) is 16.8. The Balaban J connectivity index is 1.48. The van der Waals surface area contributed by atoms with Gasteiger partial charge in [0.25, 0.3) is 0 Å². The van der Waals surface area contributed by atoms with Crippen molar-refractivity contribution in [2.24, 2.45) is 0 Å². The van der Waals surface area contributed by atoms with Crippen LogP contribution >= 0.6 is 0 Å². The average molecular weight is 322 g/mol. The van der Waals surface area contributed by atoms with E-state index in [4.69, 9.17) is 4.74 Å². The lowest BCUT2D eigenvalue weighted by Gasteiger charge is -2.20. The van der Waals surface area contributed by atoms with Gasteiger partial charge in [-0.25, -0.2) is 0 Å². The predicted octanol–water partition coefficient (Wildman–Crippen LogP) is 4.10. The Morgan fingerprint density at radius 1 is 0.875 bits per heavy atom. The van der Waals surface area contributed by atoms with E-state index in [1.165, 1.54) is 5.56 Å². The quantitative estimate of drug-likeness (QED) is 0.594. The SMILES string of the molecule is O=C1CC(=O)CC(c2ccc(OCCCc3ccccc3)cc2)C1. The summed E-state index contributed by atoms with van der Waals surface area (Å²) >= 11 is 0. The van der Waals surface area contributed by atoms with Crippen LogP contribution in [0.15, 0.2) is 54.6 Å². The van der Waals surface area contributed by atoms with Gasteiger partial charge < -0.3 is 4.74 Å². The smallest absolute Gasteiger partial charge is 0.140 e. The minimum absolute atomic E-state index is 0.0332. The number of benzene rings is 2. The van der Waals surface area contributed by atoms with E-state index in [0.29, 0.717) is 19.4 Å². The van der Waals surface area contributed by atoms with Crippen molar-refractivity contribution in [2.75, 3.05) is 6.61 Å². The molecule has 1 aliphatic carbocycles. The lowest BCUT2D eigenvalue weighted by atomic mass is 9.83. The molecule has 0 N–H and O–H groups in total. The molecule has 3 heteroatoms. The molecule has 0 atom stereocenters. The first-order valence-electron chi connectivity index (χ1n) is 8.51. The molecule has 0 unspecified atom stereocenters. The van der Waals surface area contributed by atoms with Crippen LogP contribution < -0.4 is 4.74 Å². The van der Waals surface area contributed by atoms with Crippen molar-refractivity contribution in [3.63, 3.8) is 0 Å². The fourth-order valence-electron chi connectivity index (χ4n) is 3.17. The van der Waals surface area contributed by atoms with Gasteiger partial charge in [-0.15, -0.1) is 0 Å². The van der Waals surface area contributed by atoms with Gasteiger partial charge in [0.15, 0.2) is 0 Å². The molecule has 1 saturated carbocycles. The number of carbonyl (C=O) groups excluding carboxylic acids is 2. The molecule has 0 amide bonds. The molecule has 0 aliphatic heterocycles. The van der Waals surface area contributed by atoms with Crippen LogP contribution in [-0.2, 0) is 16.0 Å². The van der Waals surface area contributed by atoms with Crippen molar-refractivity contribution in [3.05, 3.63) is 65.7 Å². The number of hydrogen-bond acceptors (Lipinski definition) is 3. The van der Waals surface area contributed by atoms with E-state index in [1.54, 1.807) is 0 Å². The lowest BCUT2D eigenvalue weighted by Crippen LogP contribution is -2.21. The molecule has 1 aliphatic rings. The van der Waals surface area contributed by atoms with Gasteiger partial charge in [-0.1, -0.05) is 42.5 Å². The summed E-state index contributed by atoms with van der Waals surface area (Å²) < 4.78 is 5.78. The second-order valence-electron chi connectivity index (χ2n) is 6.37. The first-order chi connectivity index (χ1) is 11.7. The molecule has 2 aromatic rings. The van der Waals surface area contributed by atoms with E-state index in [9.17, 15) is 9.59 Å². The summed E-state index contributed by atoms with van der Waals surface area (Å²) in [5, 5.41) is 0. The Kier molecular flexibility index (Phi) is 5.42. The first kappa shape index (κ1) is 16.4. The Bertz CT molecular complexity index is 673. The van der Waals surface area contributed by atoms with Gasteiger partial charge in [0.2, 0.25) is 0 Å². The van der Waals surface area contributed by atoms with Crippen LogP contribution in [0.3, 0.4) is 0 Å². The number of ether oxygens (including phenoxy) is 1. The maximum absolute atomic E-state index is 11.6. The summed E-state index contributed by atoms with van der Waals surface area (Å²) in [6.07, 6.45) is 3.04. The molecule has 0 radical (unpaired) electrons. The summed E-state index contributed by atoms with van der Waals surface area (Å²) in [6, 6.07) is 18.2. The minimum Gasteiger partial charge on any atom is -0.494 e. The fraction of sp³-hybridized carbons (Fsp3) is 0.333. The number of aryl methyl sites for hydroxylation is 1. The lowest BCUT2D eigenvalue weighted by molar-refractivity contribution is -0.130. The van der Waals surface area contributed by atoms with Crippen molar-refractivity contribution >= 4 is 11.6 Å². The Morgan fingerprint density at radius 2 is 1.54 bits per heavy atom. The van der Waals surface area contributed by atoms with Crippen molar-refractivity contribution in [3.8, 4) is 5.75 Å². The van der Waals surface area contributed by atoms with E-state index >= 15 is 0 Å². The molecule has 0 heterocycles. The van der Waals surface area contributed by atoms with Gasteiger partial charge in [0.1, 0.15) is 17.3 Å². The standard InChI is InChI=1S/C21H22O3/c22-19-13-18(14-20(23)15-19)17-8-10-21(11-9-17)24-12-4-7-16-5-2-1-3-6-16/h1-3,5-6,8-11,18H,4,7,12-15H2.